The van der Waals surface area contributed by atoms with E-state index < -0.39 is 11.6 Å². The molecular formula is C16H25F2N. The number of benzene rings is 1. The van der Waals surface area contributed by atoms with Crippen LogP contribution in [-0.4, -0.2) is 12.6 Å². The quantitative estimate of drug-likeness (QED) is 0.846. The minimum absolute atomic E-state index is 0.118. The van der Waals surface area contributed by atoms with Gasteiger partial charge in [-0.3, -0.25) is 0 Å². The largest absolute Gasteiger partial charge is 0.314 e. The molecule has 0 aliphatic heterocycles. The highest BCUT2D eigenvalue weighted by Crippen LogP contribution is 2.29. The molecule has 0 bridgehead atoms. The summed E-state index contributed by atoms with van der Waals surface area (Å²) in [4.78, 5) is 0. The van der Waals surface area contributed by atoms with Gasteiger partial charge in [0.15, 0.2) is 11.6 Å². The van der Waals surface area contributed by atoms with Crippen LogP contribution < -0.4 is 5.32 Å². The Balaban J connectivity index is 2.79. The van der Waals surface area contributed by atoms with Gasteiger partial charge < -0.3 is 5.32 Å². The van der Waals surface area contributed by atoms with E-state index in [2.05, 4.69) is 39.9 Å². The minimum Gasteiger partial charge on any atom is -0.314 e. The lowest BCUT2D eigenvalue weighted by atomic mass is 9.77. The number of rotatable bonds is 5. The second-order valence-electron chi connectivity index (χ2n) is 6.58. The lowest BCUT2D eigenvalue weighted by molar-refractivity contribution is 0.226. The maximum Gasteiger partial charge on any atom is 0.159 e. The summed E-state index contributed by atoms with van der Waals surface area (Å²) in [6, 6.07) is 4.62. The summed E-state index contributed by atoms with van der Waals surface area (Å²) in [5.74, 6) is -1.17. The molecular weight excluding hydrogens is 244 g/mol. The summed E-state index contributed by atoms with van der Waals surface area (Å²) in [5, 5.41) is 3.43. The minimum atomic E-state index is -0.781. The van der Waals surface area contributed by atoms with Gasteiger partial charge in [0, 0.05) is 6.04 Å². The van der Waals surface area contributed by atoms with Gasteiger partial charge in [-0.15, -0.1) is 0 Å². The van der Waals surface area contributed by atoms with Crippen molar-refractivity contribution in [2.75, 3.05) is 6.54 Å². The molecule has 1 unspecified atom stereocenters. The third kappa shape index (κ3) is 5.27. The van der Waals surface area contributed by atoms with Gasteiger partial charge in [-0.25, -0.2) is 8.78 Å². The van der Waals surface area contributed by atoms with E-state index in [1.807, 2.05) is 0 Å². The Morgan fingerprint density at radius 2 is 1.74 bits per heavy atom. The van der Waals surface area contributed by atoms with E-state index in [4.69, 9.17) is 0 Å². The summed E-state index contributed by atoms with van der Waals surface area (Å²) < 4.78 is 26.2. The molecule has 1 nitrogen and oxygen atoms in total. The molecule has 3 heteroatoms. The lowest BCUT2D eigenvalue weighted by Crippen LogP contribution is -2.36. The van der Waals surface area contributed by atoms with E-state index in [1.165, 1.54) is 12.1 Å². The number of hydrogen-bond acceptors (Lipinski definition) is 1. The molecule has 1 atom stereocenters. The van der Waals surface area contributed by atoms with Crippen molar-refractivity contribution < 1.29 is 8.78 Å². The molecule has 0 spiro atoms. The molecule has 108 valence electrons. The normalized spacial score (nSPS) is 13.9. The molecule has 1 aromatic rings. The van der Waals surface area contributed by atoms with Gasteiger partial charge in [-0.2, -0.15) is 0 Å². The van der Waals surface area contributed by atoms with Gasteiger partial charge in [0.1, 0.15) is 0 Å². The van der Waals surface area contributed by atoms with Crippen molar-refractivity contribution in [2.45, 2.75) is 47.1 Å². The Labute approximate surface area is 115 Å². The van der Waals surface area contributed by atoms with Crippen LogP contribution in [0.2, 0.25) is 0 Å². The van der Waals surface area contributed by atoms with Crippen LogP contribution in [0.15, 0.2) is 18.2 Å². The molecule has 19 heavy (non-hydrogen) atoms. The molecule has 0 aliphatic carbocycles. The highest BCUT2D eigenvalue weighted by Gasteiger charge is 2.25. The van der Waals surface area contributed by atoms with Crippen molar-refractivity contribution >= 4 is 0 Å². The van der Waals surface area contributed by atoms with Crippen molar-refractivity contribution in [1.82, 2.24) is 5.32 Å². The van der Waals surface area contributed by atoms with E-state index in [0.717, 1.165) is 18.5 Å². The molecule has 0 heterocycles. The summed E-state index contributed by atoms with van der Waals surface area (Å²) in [5.41, 5.74) is 0.969. The van der Waals surface area contributed by atoms with Gasteiger partial charge in [0.05, 0.1) is 0 Å². The number of nitrogens with one attached hydrogen (secondary N) is 1. The zero-order valence-electron chi connectivity index (χ0n) is 12.6. The Morgan fingerprint density at radius 3 is 2.21 bits per heavy atom. The molecule has 1 rings (SSSR count). The highest BCUT2D eigenvalue weighted by atomic mass is 19.2. The van der Waals surface area contributed by atoms with E-state index in [9.17, 15) is 8.78 Å². The summed E-state index contributed by atoms with van der Waals surface area (Å²) >= 11 is 0. The molecule has 0 saturated heterocycles. The van der Waals surface area contributed by atoms with Gasteiger partial charge in [-0.05, 0) is 42.0 Å². The van der Waals surface area contributed by atoms with Gasteiger partial charge in [0.25, 0.3) is 0 Å². The van der Waals surface area contributed by atoms with Crippen molar-refractivity contribution in [3.8, 4) is 0 Å². The molecule has 1 aromatic carbocycles. The van der Waals surface area contributed by atoms with Crippen LogP contribution in [0.4, 0.5) is 8.78 Å². The Morgan fingerprint density at radius 1 is 1.11 bits per heavy atom. The summed E-state index contributed by atoms with van der Waals surface area (Å²) in [6.07, 6.45) is 0.750. The molecule has 0 radical (unpaired) electrons. The molecule has 0 aliphatic rings. The second-order valence-corrected chi connectivity index (χ2v) is 6.58. The third-order valence-corrected chi connectivity index (χ3v) is 3.46. The first-order valence-corrected chi connectivity index (χ1v) is 6.87. The van der Waals surface area contributed by atoms with E-state index in [0.29, 0.717) is 12.0 Å². The lowest BCUT2D eigenvalue weighted by Gasteiger charge is -2.32. The number of hydrogen-bond donors (Lipinski definition) is 1. The fourth-order valence-corrected chi connectivity index (χ4v) is 2.01. The van der Waals surface area contributed by atoms with Crippen LogP contribution in [0, 0.1) is 23.0 Å². The van der Waals surface area contributed by atoms with Gasteiger partial charge >= 0.3 is 0 Å². The predicted octanol–water partition coefficient (Wildman–Crippen LogP) is 4.17. The van der Waals surface area contributed by atoms with E-state index >= 15 is 0 Å². The van der Waals surface area contributed by atoms with Crippen LogP contribution in [0.3, 0.4) is 0 Å². The third-order valence-electron chi connectivity index (χ3n) is 3.46. The van der Waals surface area contributed by atoms with E-state index in [1.54, 1.807) is 6.07 Å². The average Bonchev–Trinajstić information content (AvgIpc) is 2.27. The van der Waals surface area contributed by atoms with Crippen molar-refractivity contribution in [3.05, 3.63) is 35.4 Å². The van der Waals surface area contributed by atoms with Gasteiger partial charge in [0.2, 0.25) is 0 Å². The predicted molar refractivity (Wildman–Crippen MR) is 76.1 cm³/mol. The zero-order chi connectivity index (χ0) is 14.6. The Bertz CT molecular complexity index is 408. The smallest absolute Gasteiger partial charge is 0.159 e. The topological polar surface area (TPSA) is 12.0 Å². The molecule has 1 N–H and O–H groups in total. The monoisotopic (exact) mass is 269 g/mol. The summed E-state index contributed by atoms with van der Waals surface area (Å²) in [7, 11) is 0. The van der Waals surface area contributed by atoms with Crippen molar-refractivity contribution in [2.24, 2.45) is 11.3 Å². The van der Waals surface area contributed by atoms with Crippen LogP contribution in [0.1, 0.15) is 40.2 Å². The second kappa shape index (κ2) is 6.47. The average molecular weight is 269 g/mol. The van der Waals surface area contributed by atoms with E-state index in [-0.39, 0.29) is 5.41 Å². The summed E-state index contributed by atoms with van der Waals surface area (Å²) in [6.45, 7) is 11.6. The Kier molecular flexibility index (Phi) is 5.48. The maximum atomic E-state index is 13.2. The van der Waals surface area contributed by atoms with Crippen molar-refractivity contribution in [3.63, 3.8) is 0 Å². The standard InChI is InChI=1S/C16H25F2N/c1-11(2)19-10-13(16(3,4)5)8-12-6-7-14(17)15(18)9-12/h6-7,9,11,13,19H,8,10H2,1-5H3. The SMILES string of the molecule is CC(C)NCC(Cc1ccc(F)c(F)c1)C(C)(C)C. The molecule has 0 aromatic heterocycles. The highest BCUT2D eigenvalue weighted by molar-refractivity contribution is 5.18. The molecule has 0 fully saturated rings. The first kappa shape index (κ1) is 16.1. The van der Waals surface area contributed by atoms with Crippen LogP contribution in [0.25, 0.3) is 0 Å². The number of halogens is 2. The fraction of sp³-hybridized carbons (Fsp3) is 0.625. The van der Waals surface area contributed by atoms with Crippen molar-refractivity contribution in [1.29, 1.82) is 0 Å². The molecule has 0 saturated carbocycles. The first-order valence-electron chi connectivity index (χ1n) is 6.87. The van der Waals surface area contributed by atoms with Crippen LogP contribution in [-0.2, 0) is 6.42 Å². The fourth-order valence-electron chi connectivity index (χ4n) is 2.01. The van der Waals surface area contributed by atoms with Crippen LogP contribution >= 0.6 is 0 Å². The molecule has 0 amide bonds. The zero-order valence-corrected chi connectivity index (χ0v) is 12.6. The Hall–Kier alpha value is -0.960. The maximum absolute atomic E-state index is 13.2. The van der Waals surface area contributed by atoms with Crippen LogP contribution in [0.5, 0.6) is 0 Å². The van der Waals surface area contributed by atoms with Gasteiger partial charge in [-0.1, -0.05) is 40.7 Å². The first-order chi connectivity index (χ1) is 8.70.